The van der Waals surface area contributed by atoms with Crippen LogP contribution in [0.5, 0.6) is 0 Å². The topological polar surface area (TPSA) is 55.1 Å². The number of nitrogens with two attached hydrogens (primary N) is 1. The Morgan fingerprint density at radius 1 is 1.20 bits per heavy atom. The number of hydrogen-bond acceptors (Lipinski definition) is 2. The summed E-state index contributed by atoms with van der Waals surface area (Å²) in [5.74, 6) is 5.53. The first kappa shape index (κ1) is 10.2. The fraction of sp³-hybridized carbons (Fsp3) is 0.417. The van der Waals surface area contributed by atoms with E-state index in [0.717, 1.165) is 0 Å². The third kappa shape index (κ3) is 2.18. The molecule has 0 bridgehead atoms. The summed E-state index contributed by atoms with van der Waals surface area (Å²) in [5, 5.41) is 0. The summed E-state index contributed by atoms with van der Waals surface area (Å²) < 4.78 is 0. The predicted octanol–water partition coefficient (Wildman–Crippen LogP) is 1.95. The number of benzene rings is 1. The molecule has 2 rings (SSSR count). The predicted molar refractivity (Wildman–Crippen MR) is 59.3 cm³/mol. The van der Waals surface area contributed by atoms with Gasteiger partial charge in [-0.2, -0.15) is 0 Å². The van der Waals surface area contributed by atoms with Gasteiger partial charge in [0.05, 0.1) is 0 Å². The van der Waals surface area contributed by atoms with Gasteiger partial charge in [0, 0.05) is 5.56 Å². The molecule has 0 unspecified atom stereocenters. The van der Waals surface area contributed by atoms with Crippen LogP contribution < -0.4 is 11.3 Å². The first-order chi connectivity index (χ1) is 7.31. The van der Waals surface area contributed by atoms with Gasteiger partial charge in [-0.25, -0.2) is 5.84 Å². The Kier molecular flexibility index (Phi) is 3.02. The second kappa shape index (κ2) is 4.45. The van der Waals surface area contributed by atoms with Crippen molar-refractivity contribution >= 4 is 5.91 Å². The minimum Gasteiger partial charge on any atom is -0.290 e. The maximum Gasteiger partial charge on any atom is 0.265 e. The highest BCUT2D eigenvalue weighted by Gasteiger charge is 2.16. The number of rotatable bonds is 2. The second-order valence-corrected chi connectivity index (χ2v) is 4.08. The fourth-order valence-corrected chi connectivity index (χ4v) is 2.25. The first-order valence-corrected chi connectivity index (χ1v) is 5.42. The van der Waals surface area contributed by atoms with Gasteiger partial charge < -0.3 is 0 Å². The Balaban J connectivity index is 2.12. The molecule has 3 heteroatoms. The standard InChI is InChI=1S/C12H16N2O/c13-14-12(15)11-7-5-10(6-8-11)9-3-1-2-4-9/h5-9H,1-4,13H2,(H,14,15). The van der Waals surface area contributed by atoms with Crippen molar-refractivity contribution in [2.75, 3.05) is 0 Å². The van der Waals surface area contributed by atoms with E-state index in [-0.39, 0.29) is 5.91 Å². The molecule has 1 aliphatic rings. The van der Waals surface area contributed by atoms with Crippen LogP contribution in [0.1, 0.15) is 47.5 Å². The van der Waals surface area contributed by atoms with Crippen LogP contribution in [0.2, 0.25) is 0 Å². The molecule has 1 aliphatic carbocycles. The van der Waals surface area contributed by atoms with E-state index in [1.807, 2.05) is 24.3 Å². The Morgan fingerprint density at radius 2 is 1.80 bits per heavy atom. The molecular weight excluding hydrogens is 188 g/mol. The van der Waals surface area contributed by atoms with E-state index < -0.39 is 0 Å². The summed E-state index contributed by atoms with van der Waals surface area (Å²) in [6, 6.07) is 7.77. The molecule has 0 atom stereocenters. The van der Waals surface area contributed by atoms with E-state index in [0.29, 0.717) is 11.5 Å². The number of hydrazine groups is 1. The van der Waals surface area contributed by atoms with Gasteiger partial charge in [-0.05, 0) is 36.5 Å². The summed E-state index contributed by atoms with van der Waals surface area (Å²) in [7, 11) is 0. The number of nitrogens with one attached hydrogen (secondary N) is 1. The normalized spacial score (nSPS) is 16.6. The average Bonchev–Trinajstić information content (AvgIpc) is 2.82. The van der Waals surface area contributed by atoms with E-state index in [1.54, 1.807) is 0 Å². The van der Waals surface area contributed by atoms with Crippen molar-refractivity contribution in [1.29, 1.82) is 0 Å². The minimum atomic E-state index is -0.229. The molecule has 15 heavy (non-hydrogen) atoms. The molecule has 0 aromatic heterocycles. The van der Waals surface area contributed by atoms with Crippen molar-refractivity contribution in [3.63, 3.8) is 0 Å². The molecule has 3 nitrogen and oxygen atoms in total. The van der Waals surface area contributed by atoms with Crippen LogP contribution in [0, 0.1) is 0 Å². The molecule has 3 N–H and O–H groups in total. The van der Waals surface area contributed by atoms with Crippen molar-refractivity contribution in [3.8, 4) is 0 Å². The molecule has 1 aromatic carbocycles. The highest BCUT2D eigenvalue weighted by Crippen LogP contribution is 2.33. The molecule has 1 fully saturated rings. The smallest absolute Gasteiger partial charge is 0.265 e. The van der Waals surface area contributed by atoms with Crippen LogP contribution in [0.4, 0.5) is 0 Å². The van der Waals surface area contributed by atoms with Crippen LogP contribution in [0.3, 0.4) is 0 Å². The summed E-state index contributed by atoms with van der Waals surface area (Å²) >= 11 is 0. The lowest BCUT2D eigenvalue weighted by Crippen LogP contribution is -2.29. The Bertz CT molecular complexity index is 339. The second-order valence-electron chi connectivity index (χ2n) is 4.08. The minimum absolute atomic E-state index is 0.229. The maximum atomic E-state index is 11.2. The quantitative estimate of drug-likeness (QED) is 0.439. The van der Waals surface area contributed by atoms with E-state index in [4.69, 9.17) is 5.84 Å². The molecular formula is C12H16N2O. The molecule has 1 aromatic rings. The lowest BCUT2D eigenvalue weighted by molar-refractivity contribution is 0.0953. The number of amides is 1. The van der Waals surface area contributed by atoms with Gasteiger partial charge in [0.2, 0.25) is 0 Å². The van der Waals surface area contributed by atoms with Crippen LogP contribution >= 0.6 is 0 Å². The summed E-state index contributed by atoms with van der Waals surface area (Å²) in [5.41, 5.74) is 4.10. The zero-order valence-electron chi connectivity index (χ0n) is 8.70. The van der Waals surface area contributed by atoms with Gasteiger partial charge in [-0.1, -0.05) is 25.0 Å². The zero-order chi connectivity index (χ0) is 10.7. The Hall–Kier alpha value is -1.35. The van der Waals surface area contributed by atoms with Crippen LogP contribution in [-0.2, 0) is 0 Å². The maximum absolute atomic E-state index is 11.2. The summed E-state index contributed by atoms with van der Waals surface area (Å²) in [6.45, 7) is 0. The van der Waals surface area contributed by atoms with Gasteiger partial charge in [0.1, 0.15) is 0 Å². The molecule has 0 aliphatic heterocycles. The van der Waals surface area contributed by atoms with Crippen LogP contribution in [0.25, 0.3) is 0 Å². The van der Waals surface area contributed by atoms with Gasteiger partial charge in [-0.15, -0.1) is 0 Å². The van der Waals surface area contributed by atoms with Crippen LogP contribution in [-0.4, -0.2) is 5.91 Å². The van der Waals surface area contributed by atoms with E-state index in [2.05, 4.69) is 5.43 Å². The van der Waals surface area contributed by atoms with E-state index in [9.17, 15) is 4.79 Å². The molecule has 0 radical (unpaired) electrons. The highest BCUT2D eigenvalue weighted by molar-refractivity contribution is 5.93. The van der Waals surface area contributed by atoms with Gasteiger partial charge in [0.25, 0.3) is 5.91 Å². The van der Waals surface area contributed by atoms with Crippen molar-refractivity contribution in [3.05, 3.63) is 35.4 Å². The zero-order valence-corrected chi connectivity index (χ0v) is 8.70. The molecule has 80 valence electrons. The fourth-order valence-electron chi connectivity index (χ4n) is 2.25. The number of carbonyl (C=O) groups excluding carboxylic acids is 1. The first-order valence-electron chi connectivity index (χ1n) is 5.42. The van der Waals surface area contributed by atoms with E-state index in [1.165, 1.54) is 31.2 Å². The van der Waals surface area contributed by atoms with Crippen LogP contribution in [0.15, 0.2) is 24.3 Å². The lowest BCUT2D eigenvalue weighted by atomic mass is 9.97. The van der Waals surface area contributed by atoms with Gasteiger partial charge in [0.15, 0.2) is 0 Å². The summed E-state index contributed by atoms with van der Waals surface area (Å²) in [6.07, 6.45) is 5.22. The number of hydrogen-bond donors (Lipinski definition) is 2. The van der Waals surface area contributed by atoms with E-state index >= 15 is 0 Å². The Labute approximate surface area is 89.6 Å². The SMILES string of the molecule is NNC(=O)c1ccc(C2CCCC2)cc1. The molecule has 1 amide bonds. The third-order valence-corrected chi connectivity index (χ3v) is 3.13. The van der Waals surface area contributed by atoms with Crippen molar-refractivity contribution < 1.29 is 4.79 Å². The highest BCUT2D eigenvalue weighted by atomic mass is 16.2. The van der Waals surface area contributed by atoms with Gasteiger partial charge >= 0.3 is 0 Å². The number of nitrogen functional groups attached to an aromatic ring is 1. The number of carbonyl (C=O) groups is 1. The molecule has 0 spiro atoms. The summed E-state index contributed by atoms with van der Waals surface area (Å²) in [4.78, 5) is 11.2. The average molecular weight is 204 g/mol. The monoisotopic (exact) mass is 204 g/mol. The molecule has 0 saturated heterocycles. The van der Waals surface area contributed by atoms with Gasteiger partial charge in [-0.3, -0.25) is 10.2 Å². The largest absolute Gasteiger partial charge is 0.290 e. The molecule has 0 heterocycles. The van der Waals surface area contributed by atoms with Crippen molar-refractivity contribution in [2.24, 2.45) is 5.84 Å². The third-order valence-electron chi connectivity index (χ3n) is 3.13. The molecule has 1 saturated carbocycles. The lowest BCUT2D eigenvalue weighted by Gasteiger charge is -2.09. The van der Waals surface area contributed by atoms with Crippen molar-refractivity contribution in [2.45, 2.75) is 31.6 Å². The Morgan fingerprint density at radius 3 is 2.33 bits per heavy atom. The van der Waals surface area contributed by atoms with Crippen molar-refractivity contribution in [1.82, 2.24) is 5.43 Å².